The van der Waals surface area contributed by atoms with E-state index in [0.717, 1.165) is 19.4 Å². The van der Waals surface area contributed by atoms with Crippen molar-refractivity contribution in [2.45, 2.75) is 18.9 Å². The average molecular weight is 221 g/mol. The summed E-state index contributed by atoms with van der Waals surface area (Å²) in [5, 5.41) is 5.83. The Morgan fingerprint density at radius 2 is 2.25 bits per heavy atom. The molecule has 6 N–H and O–H groups in total. The highest BCUT2D eigenvalue weighted by atomic mass is 16.2. The highest BCUT2D eigenvalue weighted by Crippen LogP contribution is 2.17. The number of amides is 1. The van der Waals surface area contributed by atoms with Crippen LogP contribution in [0.25, 0.3) is 0 Å². The molecule has 0 bridgehead atoms. The lowest BCUT2D eigenvalue weighted by molar-refractivity contribution is -0.123. The first-order valence-electron chi connectivity index (χ1n) is 5.23. The smallest absolute Gasteiger partial charge is 0.242 e. The number of aromatic nitrogens is 1. The molecule has 1 amide bonds. The van der Waals surface area contributed by atoms with Gasteiger partial charge in [0, 0.05) is 6.54 Å². The van der Waals surface area contributed by atoms with Crippen LogP contribution >= 0.6 is 0 Å². The van der Waals surface area contributed by atoms with Crippen LogP contribution in [0.3, 0.4) is 0 Å². The summed E-state index contributed by atoms with van der Waals surface area (Å²) in [7, 11) is 0. The number of hydrogen-bond acceptors (Lipinski definition) is 5. The van der Waals surface area contributed by atoms with E-state index in [2.05, 4.69) is 15.6 Å². The zero-order valence-corrected chi connectivity index (χ0v) is 8.86. The van der Waals surface area contributed by atoms with E-state index >= 15 is 0 Å². The normalized spacial score (nSPS) is 20.2. The SMILES string of the molecule is Nc1ccc(NC2CCCNC2=O)nc1N. The third kappa shape index (κ3) is 2.16. The molecule has 0 aromatic carbocycles. The van der Waals surface area contributed by atoms with E-state index in [1.165, 1.54) is 0 Å². The second kappa shape index (κ2) is 4.26. The van der Waals surface area contributed by atoms with Gasteiger partial charge in [0.25, 0.3) is 0 Å². The summed E-state index contributed by atoms with van der Waals surface area (Å²) in [4.78, 5) is 15.6. The Morgan fingerprint density at radius 3 is 2.94 bits per heavy atom. The lowest BCUT2D eigenvalue weighted by Crippen LogP contribution is -2.44. The van der Waals surface area contributed by atoms with Crippen molar-refractivity contribution in [2.24, 2.45) is 0 Å². The van der Waals surface area contributed by atoms with E-state index in [4.69, 9.17) is 11.5 Å². The van der Waals surface area contributed by atoms with Crippen molar-refractivity contribution >= 4 is 23.2 Å². The van der Waals surface area contributed by atoms with E-state index in [0.29, 0.717) is 11.5 Å². The molecule has 6 nitrogen and oxygen atoms in total. The maximum Gasteiger partial charge on any atom is 0.242 e. The molecule has 16 heavy (non-hydrogen) atoms. The maximum atomic E-state index is 11.5. The minimum Gasteiger partial charge on any atom is -0.396 e. The number of nitrogen functional groups attached to an aromatic ring is 2. The van der Waals surface area contributed by atoms with Crippen LogP contribution in [0.1, 0.15) is 12.8 Å². The molecule has 1 unspecified atom stereocenters. The Morgan fingerprint density at radius 1 is 1.44 bits per heavy atom. The topological polar surface area (TPSA) is 106 Å². The molecule has 6 heteroatoms. The van der Waals surface area contributed by atoms with Crippen molar-refractivity contribution in [3.8, 4) is 0 Å². The summed E-state index contributed by atoms with van der Waals surface area (Å²) in [5.41, 5.74) is 11.6. The molecule has 1 aromatic heterocycles. The molecular weight excluding hydrogens is 206 g/mol. The largest absolute Gasteiger partial charge is 0.396 e. The van der Waals surface area contributed by atoms with E-state index in [1.54, 1.807) is 12.1 Å². The number of carbonyl (C=O) groups is 1. The molecular formula is C10H15N5O. The van der Waals surface area contributed by atoms with Crippen LogP contribution < -0.4 is 22.1 Å². The van der Waals surface area contributed by atoms with Crippen LogP contribution in [0.4, 0.5) is 17.3 Å². The van der Waals surface area contributed by atoms with E-state index in [1.807, 2.05) is 0 Å². The molecule has 2 rings (SSSR count). The molecule has 86 valence electrons. The van der Waals surface area contributed by atoms with Gasteiger partial charge >= 0.3 is 0 Å². The third-order valence-electron chi connectivity index (χ3n) is 2.56. The van der Waals surface area contributed by atoms with Gasteiger partial charge in [-0.1, -0.05) is 0 Å². The number of rotatable bonds is 2. The lowest BCUT2D eigenvalue weighted by atomic mass is 10.1. The predicted molar refractivity (Wildman–Crippen MR) is 62.7 cm³/mol. The standard InChI is InChI=1S/C10H15N5O/c11-6-3-4-8(15-9(6)12)14-7-2-1-5-13-10(7)16/h3-4,7H,1-2,5,11H2,(H,13,16)(H3,12,14,15). The van der Waals surface area contributed by atoms with Gasteiger partial charge in [-0.15, -0.1) is 0 Å². The van der Waals surface area contributed by atoms with Crippen LogP contribution in [0, 0.1) is 0 Å². The monoisotopic (exact) mass is 221 g/mol. The van der Waals surface area contributed by atoms with Gasteiger partial charge in [-0.3, -0.25) is 4.79 Å². The summed E-state index contributed by atoms with van der Waals surface area (Å²) in [6.07, 6.45) is 1.77. The summed E-state index contributed by atoms with van der Waals surface area (Å²) in [6.45, 7) is 0.744. The summed E-state index contributed by atoms with van der Waals surface area (Å²) in [5.74, 6) is 0.860. The van der Waals surface area contributed by atoms with E-state index in [9.17, 15) is 4.79 Å². The van der Waals surface area contributed by atoms with Gasteiger partial charge in [0.1, 0.15) is 17.7 Å². The van der Waals surface area contributed by atoms with E-state index in [-0.39, 0.29) is 17.8 Å². The second-order valence-electron chi connectivity index (χ2n) is 3.80. The molecule has 1 saturated heterocycles. The summed E-state index contributed by atoms with van der Waals surface area (Å²) >= 11 is 0. The quantitative estimate of drug-likeness (QED) is 0.559. The fourth-order valence-electron chi connectivity index (χ4n) is 1.65. The zero-order chi connectivity index (χ0) is 11.5. The van der Waals surface area contributed by atoms with Crippen molar-refractivity contribution in [2.75, 3.05) is 23.3 Å². The van der Waals surface area contributed by atoms with Gasteiger partial charge in [-0.05, 0) is 25.0 Å². The van der Waals surface area contributed by atoms with Crippen LogP contribution in [-0.4, -0.2) is 23.5 Å². The fourth-order valence-corrected chi connectivity index (χ4v) is 1.65. The summed E-state index contributed by atoms with van der Waals surface area (Å²) < 4.78 is 0. The maximum absolute atomic E-state index is 11.5. The molecule has 1 fully saturated rings. The third-order valence-corrected chi connectivity index (χ3v) is 2.56. The van der Waals surface area contributed by atoms with Gasteiger partial charge < -0.3 is 22.1 Å². The average Bonchev–Trinajstić information content (AvgIpc) is 2.27. The Kier molecular flexibility index (Phi) is 2.80. The minimum atomic E-state index is -0.232. The highest BCUT2D eigenvalue weighted by Gasteiger charge is 2.21. The minimum absolute atomic E-state index is 0.00319. The van der Waals surface area contributed by atoms with Gasteiger partial charge in [-0.25, -0.2) is 4.98 Å². The van der Waals surface area contributed by atoms with Crippen LogP contribution in [0.5, 0.6) is 0 Å². The van der Waals surface area contributed by atoms with Crippen molar-refractivity contribution in [1.29, 1.82) is 0 Å². The number of nitrogens with one attached hydrogen (secondary N) is 2. The van der Waals surface area contributed by atoms with Crippen molar-refractivity contribution in [1.82, 2.24) is 10.3 Å². The molecule has 1 aromatic rings. The van der Waals surface area contributed by atoms with Crippen molar-refractivity contribution in [3.63, 3.8) is 0 Å². The number of pyridine rings is 1. The van der Waals surface area contributed by atoms with Gasteiger partial charge in [0.2, 0.25) is 5.91 Å². The number of hydrogen-bond donors (Lipinski definition) is 4. The number of anilines is 3. The molecule has 1 aliphatic heterocycles. The summed E-state index contributed by atoms with van der Waals surface area (Å²) in [6, 6.07) is 3.16. The Labute approximate surface area is 93.4 Å². The zero-order valence-electron chi connectivity index (χ0n) is 8.86. The number of piperidine rings is 1. The van der Waals surface area contributed by atoms with Gasteiger partial charge in [0.15, 0.2) is 0 Å². The van der Waals surface area contributed by atoms with Gasteiger partial charge in [-0.2, -0.15) is 0 Å². The Hall–Kier alpha value is -1.98. The van der Waals surface area contributed by atoms with Crippen LogP contribution in [0.15, 0.2) is 12.1 Å². The molecule has 0 radical (unpaired) electrons. The van der Waals surface area contributed by atoms with E-state index < -0.39 is 0 Å². The Balaban J connectivity index is 2.08. The first-order chi connectivity index (χ1) is 7.66. The Bertz CT molecular complexity index is 406. The number of nitrogens with two attached hydrogens (primary N) is 2. The van der Waals surface area contributed by atoms with Crippen LogP contribution in [-0.2, 0) is 4.79 Å². The first-order valence-corrected chi connectivity index (χ1v) is 5.23. The number of carbonyl (C=O) groups excluding carboxylic acids is 1. The molecule has 0 aliphatic carbocycles. The molecule has 1 atom stereocenters. The number of nitrogens with zero attached hydrogens (tertiary/aromatic N) is 1. The molecule has 2 heterocycles. The van der Waals surface area contributed by atoms with Crippen LogP contribution in [0.2, 0.25) is 0 Å². The first kappa shape index (κ1) is 10.5. The fraction of sp³-hybridized carbons (Fsp3) is 0.400. The van der Waals surface area contributed by atoms with Crippen molar-refractivity contribution < 1.29 is 4.79 Å². The molecule has 0 saturated carbocycles. The highest BCUT2D eigenvalue weighted by molar-refractivity contribution is 5.85. The molecule has 1 aliphatic rings. The molecule has 0 spiro atoms. The predicted octanol–water partition coefficient (Wildman–Crippen LogP) is -0.0635. The second-order valence-corrected chi connectivity index (χ2v) is 3.80. The van der Waals surface area contributed by atoms with Crippen molar-refractivity contribution in [3.05, 3.63) is 12.1 Å². The lowest BCUT2D eigenvalue weighted by Gasteiger charge is -2.23. The van der Waals surface area contributed by atoms with Gasteiger partial charge in [0.05, 0.1) is 5.69 Å².